The number of aliphatic hydroxyl groups excluding tert-OH is 1. The third kappa shape index (κ3) is 3.83. The first-order valence-corrected chi connectivity index (χ1v) is 7.83. The first kappa shape index (κ1) is 15.5. The van der Waals surface area contributed by atoms with E-state index in [4.69, 9.17) is 0 Å². The molecule has 0 aliphatic rings. The lowest BCUT2D eigenvalue weighted by molar-refractivity contribution is 0.0935. The lowest BCUT2D eigenvalue weighted by Crippen LogP contribution is -2.41. The monoisotopic (exact) mass is 306 g/mol. The number of aromatic nitrogens is 3. The van der Waals surface area contributed by atoms with E-state index in [1.165, 1.54) is 18.0 Å². The smallest absolute Gasteiger partial charge is 0.253 e. The fourth-order valence-corrected chi connectivity index (χ4v) is 2.51. The summed E-state index contributed by atoms with van der Waals surface area (Å²) in [6, 6.07) is 3.36. The Kier molecular flexibility index (Phi) is 5.35. The molecule has 2 aromatic rings. The summed E-state index contributed by atoms with van der Waals surface area (Å²) < 4.78 is 1.76. The predicted octanol–water partition coefficient (Wildman–Crippen LogP) is 1.11. The highest BCUT2D eigenvalue weighted by Gasteiger charge is 2.18. The Balaban J connectivity index is 2.03. The maximum atomic E-state index is 12.1. The molecule has 0 saturated carbocycles. The number of carbonyl (C=O) groups excluding carboxylic acids is 1. The van der Waals surface area contributed by atoms with Crippen molar-refractivity contribution in [3.63, 3.8) is 0 Å². The number of nitrogens with one attached hydrogen (secondary N) is 1. The van der Waals surface area contributed by atoms with Crippen molar-refractivity contribution in [3.8, 4) is 5.82 Å². The summed E-state index contributed by atoms with van der Waals surface area (Å²) in [6.45, 7) is 1.91. The number of hydrogen-bond acceptors (Lipinski definition) is 5. The summed E-state index contributed by atoms with van der Waals surface area (Å²) >= 11 is 1.53. The molecule has 0 spiro atoms. The maximum absolute atomic E-state index is 12.1. The Morgan fingerprint density at radius 1 is 1.52 bits per heavy atom. The second kappa shape index (κ2) is 7.24. The van der Waals surface area contributed by atoms with Gasteiger partial charge in [-0.25, -0.2) is 9.97 Å². The Hall–Kier alpha value is -1.86. The summed E-state index contributed by atoms with van der Waals surface area (Å²) in [7, 11) is 0. The minimum absolute atomic E-state index is 0.0212. The Labute approximate surface area is 127 Å². The molecule has 2 rings (SSSR count). The molecule has 6 nitrogen and oxygen atoms in total. The Morgan fingerprint density at radius 3 is 2.86 bits per heavy atom. The van der Waals surface area contributed by atoms with Crippen molar-refractivity contribution in [2.75, 3.05) is 12.9 Å². The first-order valence-electron chi connectivity index (χ1n) is 6.54. The number of nitrogens with zero attached hydrogens (tertiary/aromatic N) is 3. The molecular formula is C14H18N4O2S. The standard InChI is InChI=1S/C14H18N4O2S/c1-10(12(8-19)21-2)17-14(20)11-3-4-13(16-7-11)18-6-5-15-9-18/h3-7,9-10,12,19H,8H2,1-2H3,(H,17,20). The molecule has 0 saturated heterocycles. The van der Waals surface area contributed by atoms with Gasteiger partial charge in [0.2, 0.25) is 0 Å². The van der Waals surface area contributed by atoms with Gasteiger partial charge in [-0.3, -0.25) is 9.36 Å². The van der Waals surface area contributed by atoms with Gasteiger partial charge in [-0.1, -0.05) is 0 Å². The molecule has 1 amide bonds. The topological polar surface area (TPSA) is 80.0 Å². The van der Waals surface area contributed by atoms with E-state index in [2.05, 4.69) is 15.3 Å². The van der Waals surface area contributed by atoms with Crippen molar-refractivity contribution in [2.45, 2.75) is 18.2 Å². The highest BCUT2D eigenvalue weighted by molar-refractivity contribution is 7.99. The Morgan fingerprint density at radius 2 is 2.33 bits per heavy atom. The zero-order valence-corrected chi connectivity index (χ0v) is 12.7. The number of rotatable bonds is 6. The third-order valence-corrected chi connectivity index (χ3v) is 4.34. The zero-order chi connectivity index (χ0) is 15.2. The van der Waals surface area contributed by atoms with Crippen molar-refractivity contribution in [2.24, 2.45) is 0 Å². The van der Waals surface area contributed by atoms with Gasteiger partial charge in [-0.2, -0.15) is 11.8 Å². The van der Waals surface area contributed by atoms with Crippen LogP contribution in [0.2, 0.25) is 0 Å². The van der Waals surface area contributed by atoms with Crippen molar-refractivity contribution in [1.29, 1.82) is 0 Å². The van der Waals surface area contributed by atoms with Crippen LogP contribution in [0.25, 0.3) is 5.82 Å². The van der Waals surface area contributed by atoms with Crippen LogP contribution in [0.1, 0.15) is 17.3 Å². The van der Waals surface area contributed by atoms with Crippen LogP contribution in [0.5, 0.6) is 0 Å². The van der Waals surface area contributed by atoms with E-state index in [1.54, 1.807) is 35.4 Å². The molecule has 2 N–H and O–H groups in total. The molecule has 2 aromatic heterocycles. The molecule has 0 aromatic carbocycles. The van der Waals surface area contributed by atoms with E-state index >= 15 is 0 Å². The van der Waals surface area contributed by atoms with Crippen molar-refractivity contribution in [1.82, 2.24) is 19.9 Å². The molecule has 2 atom stereocenters. The molecule has 2 heterocycles. The van der Waals surface area contributed by atoms with Crippen molar-refractivity contribution in [3.05, 3.63) is 42.6 Å². The minimum atomic E-state index is -0.195. The summed E-state index contributed by atoms with van der Waals surface area (Å²) in [4.78, 5) is 20.3. The Bertz CT molecular complexity index is 567. The highest BCUT2D eigenvalue weighted by atomic mass is 32.2. The van der Waals surface area contributed by atoms with Gasteiger partial charge in [0, 0.05) is 29.9 Å². The normalized spacial score (nSPS) is 13.7. The minimum Gasteiger partial charge on any atom is -0.395 e. The molecule has 112 valence electrons. The SMILES string of the molecule is CSC(CO)C(C)NC(=O)c1ccc(-n2ccnc2)nc1. The van der Waals surface area contributed by atoms with Gasteiger partial charge in [0.15, 0.2) is 0 Å². The molecule has 21 heavy (non-hydrogen) atoms. The van der Waals surface area contributed by atoms with Crippen LogP contribution >= 0.6 is 11.8 Å². The van der Waals surface area contributed by atoms with E-state index in [1.807, 2.05) is 13.2 Å². The van der Waals surface area contributed by atoms with Gasteiger partial charge in [0.05, 0.1) is 12.2 Å². The number of amides is 1. The first-order chi connectivity index (χ1) is 10.2. The molecule has 2 unspecified atom stereocenters. The number of pyridine rings is 1. The third-order valence-electron chi connectivity index (χ3n) is 3.18. The van der Waals surface area contributed by atoms with E-state index in [-0.39, 0.29) is 23.8 Å². The fraction of sp³-hybridized carbons (Fsp3) is 0.357. The number of thioether (sulfide) groups is 1. The van der Waals surface area contributed by atoms with Crippen LogP contribution < -0.4 is 5.32 Å². The molecule has 7 heteroatoms. The lowest BCUT2D eigenvalue weighted by atomic mass is 10.2. The van der Waals surface area contributed by atoms with Gasteiger partial charge < -0.3 is 10.4 Å². The van der Waals surface area contributed by atoms with Crippen LogP contribution in [-0.4, -0.2) is 49.7 Å². The van der Waals surface area contributed by atoms with Crippen LogP contribution in [-0.2, 0) is 0 Å². The molecule has 0 aliphatic carbocycles. The second-order valence-corrected chi connectivity index (χ2v) is 5.67. The average Bonchev–Trinajstić information content (AvgIpc) is 3.03. The number of imidazole rings is 1. The van der Waals surface area contributed by atoms with E-state index in [0.717, 1.165) is 0 Å². The van der Waals surface area contributed by atoms with Crippen LogP contribution in [0.3, 0.4) is 0 Å². The molecule has 0 fully saturated rings. The van der Waals surface area contributed by atoms with Gasteiger partial charge >= 0.3 is 0 Å². The van der Waals surface area contributed by atoms with Crippen molar-refractivity contribution < 1.29 is 9.90 Å². The molecule has 0 aliphatic heterocycles. The van der Waals surface area contributed by atoms with Gasteiger partial charge in [-0.05, 0) is 25.3 Å². The summed E-state index contributed by atoms with van der Waals surface area (Å²) in [6.07, 6.45) is 8.54. The maximum Gasteiger partial charge on any atom is 0.253 e. The average molecular weight is 306 g/mol. The zero-order valence-electron chi connectivity index (χ0n) is 11.9. The van der Waals surface area contributed by atoms with Crippen LogP contribution in [0, 0.1) is 0 Å². The largest absolute Gasteiger partial charge is 0.395 e. The number of carbonyl (C=O) groups is 1. The second-order valence-electron chi connectivity index (χ2n) is 4.59. The molecule has 0 bridgehead atoms. The number of aliphatic hydroxyl groups is 1. The number of hydrogen-bond donors (Lipinski definition) is 2. The van der Waals surface area contributed by atoms with E-state index < -0.39 is 0 Å². The predicted molar refractivity (Wildman–Crippen MR) is 82.7 cm³/mol. The summed E-state index contributed by atoms with van der Waals surface area (Å²) in [5, 5.41) is 12.1. The summed E-state index contributed by atoms with van der Waals surface area (Å²) in [5.41, 5.74) is 0.489. The van der Waals surface area contributed by atoms with Gasteiger partial charge in [0.25, 0.3) is 5.91 Å². The fourth-order valence-electron chi connectivity index (χ4n) is 1.89. The van der Waals surface area contributed by atoms with E-state index in [9.17, 15) is 9.90 Å². The van der Waals surface area contributed by atoms with Crippen LogP contribution in [0.15, 0.2) is 37.1 Å². The van der Waals surface area contributed by atoms with Crippen LogP contribution in [0.4, 0.5) is 0 Å². The van der Waals surface area contributed by atoms with E-state index in [0.29, 0.717) is 11.4 Å². The summed E-state index contributed by atoms with van der Waals surface area (Å²) in [5.74, 6) is 0.508. The highest BCUT2D eigenvalue weighted by Crippen LogP contribution is 2.11. The van der Waals surface area contributed by atoms with Gasteiger partial charge in [0.1, 0.15) is 12.1 Å². The lowest BCUT2D eigenvalue weighted by Gasteiger charge is -2.21. The quantitative estimate of drug-likeness (QED) is 0.835. The van der Waals surface area contributed by atoms with Gasteiger partial charge in [-0.15, -0.1) is 0 Å². The molecular weight excluding hydrogens is 288 g/mol. The molecule has 0 radical (unpaired) electrons. The van der Waals surface area contributed by atoms with Crippen molar-refractivity contribution >= 4 is 17.7 Å².